The van der Waals surface area contributed by atoms with Crippen LogP contribution in [0.5, 0.6) is 11.5 Å². The van der Waals surface area contributed by atoms with Crippen LogP contribution in [0.3, 0.4) is 0 Å². The topological polar surface area (TPSA) is 36.9 Å². The van der Waals surface area contributed by atoms with E-state index in [0.717, 1.165) is 48.7 Å². The maximum absolute atomic E-state index is 5.66. The zero-order valence-electron chi connectivity index (χ0n) is 22.3. The first-order valence-corrected chi connectivity index (χ1v) is 13.0. The normalized spacial score (nSPS) is 12.1. The number of ether oxygens (including phenoxy) is 4. The highest BCUT2D eigenvalue weighted by Crippen LogP contribution is 2.16. The van der Waals surface area contributed by atoms with E-state index in [2.05, 4.69) is 27.0 Å². The molecule has 4 heteroatoms. The van der Waals surface area contributed by atoms with E-state index < -0.39 is 0 Å². The van der Waals surface area contributed by atoms with Crippen molar-refractivity contribution in [2.24, 2.45) is 0 Å². The van der Waals surface area contributed by atoms with Gasteiger partial charge in [0.1, 0.15) is 11.5 Å². The van der Waals surface area contributed by atoms with Gasteiger partial charge in [-0.15, -0.1) is 0 Å². The summed E-state index contributed by atoms with van der Waals surface area (Å²) in [5, 5.41) is 0. The van der Waals surface area contributed by atoms with Crippen LogP contribution in [-0.4, -0.2) is 25.8 Å². The summed E-state index contributed by atoms with van der Waals surface area (Å²) in [5.41, 5.74) is 2.18. The third-order valence-corrected chi connectivity index (χ3v) is 5.29. The molecule has 0 radical (unpaired) electrons. The first kappa shape index (κ1) is 30.5. The van der Waals surface area contributed by atoms with Crippen molar-refractivity contribution in [1.82, 2.24) is 0 Å². The first-order valence-electron chi connectivity index (χ1n) is 13.0. The largest absolute Gasteiger partial charge is 0.465 e. The van der Waals surface area contributed by atoms with Gasteiger partial charge in [-0.3, -0.25) is 0 Å². The lowest BCUT2D eigenvalue weighted by Gasteiger charge is -2.15. The van der Waals surface area contributed by atoms with Gasteiger partial charge in [0.25, 0.3) is 0 Å². The van der Waals surface area contributed by atoms with Gasteiger partial charge in [0.05, 0.1) is 13.2 Å². The van der Waals surface area contributed by atoms with Crippen LogP contribution in [0.25, 0.3) is 12.2 Å². The molecule has 2 rings (SSSR count). The van der Waals surface area contributed by atoms with Crippen LogP contribution in [0.2, 0.25) is 0 Å². The van der Waals surface area contributed by atoms with Crippen LogP contribution in [0.4, 0.5) is 0 Å². The summed E-state index contributed by atoms with van der Waals surface area (Å²) in [6, 6.07) is 15.7. The van der Waals surface area contributed by atoms with Crippen LogP contribution in [0.1, 0.15) is 83.8 Å². The predicted molar refractivity (Wildman–Crippen MR) is 149 cm³/mol. The van der Waals surface area contributed by atoms with E-state index in [-0.39, 0.29) is 12.6 Å². The third-order valence-electron chi connectivity index (χ3n) is 5.29. The van der Waals surface area contributed by atoms with E-state index >= 15 is 0 Å². The minimum absolute atomic E-state index is 0.193. The Morgan fingerprint density at radius 2 is 0.971 bits per heavy atom. The van der Waals surface area contributed by atoms with Gasteiger partial charge < -0.3 is 18.9 Å². The van der Waals surface area contributed by atoms with E-state index in [1.54, 1.807) is 0 Å². The zero-order valence-corrected chi connectivity index (χ0v) is 22.3. The Morgan fingerprint density at radius 3 is 1.34 bits per heavy atom. The van der Waals surface area contributed by atoms with Crippen LogP contribution >= 0.6 is 0 Å². The summed E-state index contributed by atoms with van der Waals surface area (Å²) in [5.74, 6) is 1.67. The fourth-order valence-corrected chi connectivity index (χ4v) is 3.20. The Labute approximate surface area is 214 Å². The van der Waals surface area contributed by atoms with Crippen molar-refractivity contribution in [2.75, 3.05) is 13.2 Å². The minimum atomic E-state index is -0.193. The molecule has 194 valence electrons. The molecular formula is C31H46O4. The summed E-state index contributed by atoms with van der Waals surface area (Å²) < 4.78 is 22.5. The summed E-state index contributed by atoms with van der Waals surface area (Å²) in [4.78, 5) is 0. The lowest BCUT2D eigenvalue weighted by Crippen LogP contribution is -2.16. The highest BCUT2D eigenvalue weighted by atomic mass is 16.7. The second-order valence-corrected chi connectivity index (χ2v) is 8.43. The maximum Gasteiger partial charge on any atom is 0.196 e. The monoisotopic (exact) mass is 482 g/mol. The number of hydrogen-bond donors (Lipinski definition) is 0. The average molecular weight is 483 g/mol. The third kappa shape index (κ3) is 15.1. The molecule has 2 aromatic carbocycles. The van der Waals surface area contributed by atoms with Crippen molar-refractivity contribution in [3.8, 4) is 11.5 Å². The van der Waals surface area contributed by atoms with Gasteiger partial charge in [0.15, 0.2) is 12.6 Å². The van der Waals surface area contributed by atoms with E-state index in [4.69, 9.17) is 18.9 Å². The van der Waals surface area contributed by atoms with Gasteiger partial charge in [-0.2, -0.15) is 0 Å². The smallest absolute Gasteiger partial charge is 0.196 e. The minimum Gasteiger partial charge on any atom is -0.465 e. The molecule has 0 N–H and O–H groups in total. The molecule has 0 fully saturated rings. The Hall–Kier alpha value is -2.56. The molecule has 2 atom stereocenters. The molecule has 0 aliphatic heterocycles. The number of hydrogen-bond acceptors (Lipinski definition) is 4. The molecule has 0 saturated heterocycles. The van der Waals surface area contributed by atoms with Crippen molar-refractivity contribution in [3.05, 3.63) is 72.8 Å². The van der Waals surface area contributed by atoms with Gasteiger partial charge in [-0.25, -0.2) is 0 Å². The average Bonchev–Trinajstić information content (AvgIpc) is 2.88. The summed E-state index contributed by atoms with van der Waals surface area (Å²) in [6.45, 7) is 17.2. The van der Waals surface area contributed by atoms with Gasteiger partial charge in [0.2, 0.25) is 0 Å². The second kappa shape index (κ2) is 19.7. The van der Waals surface area contributed by atoms with E-state index in [0.29, 0.717) is 0 Å². The lowest BCUT2D eigenvalue weighted by atomic mass is 10.2. The van der Waals surface area contributed by atoms with E-state index in [1.165, 1.54) is 32.1 Å². The van der Waals surface area contributed by atoms with Crippen molar-refractivity contribution >= 4 is 12.2 Å². The molecule has 0 aliphatic carbocycles. The number of benzene rings is 2. The van der Waals surface area contributed by atoms with Crippen molar-refractivity contribution in [2.45, 2.75) is 85.2 Å². The molecule has 2 aromatic rings. The SMILES string of the molecule is C=Cc1ccc(OC(C)OCCCCC)cc1.C=Cc1ccc(OC(C)OCCCCCC)cc1. The Morgan fingerprint density at radius 1 is 0.600 bits per heavy atom. The Balaban J connectivity index is 0.000000351. The molecule has 0 amide bonds. The van der Waals surface area contributed by atoms with Crippen LogP contribution in [0.15, 0.2) is 61.7 Å². The molecule has 35 heavy (non-hydrogen) atoms. The maximum atomic E-state index is 5.66. The van der Waals surface area contributed by atoms with Crippen molar-refractivity contribution in [1.29, 1.82) is 0 Å². The summed E-state index contributed by atoms with van der Waals surface area (Å²) in [7, 11) is 0. The van der Waals surface area contributed by atoms with Gasteiger partial charge >= 0.3 is 0 Å². The van der Waals surface area contributed by atoms with E-state index in [1.807, 2.05) is 74.5 Å². The Bertz CT molecular complexity index is 783. The molecule has 0 heterocycles. The lowest BCUT2D eigenvalue weighted by molar-refractivity contribution is -0.0679. The van der Waals surface area contributed by atoms with E-state index in [9.17, 15) is 0 Å². The molecule has 0 saturated carbocycles. The van der Waals surface area contributed by atoms with Crippen LogP contribution in [-0.2, 0) is 9.47 Å². The number of rotatable bonds is 17. The molecule has 0 bridgehead atoms. The van der Waals surface area contributed by atoms with Crippen LogP contribution in [0, 0.1) is 0 Å². The number of unbranched alkanes of at least 4 members (excludes halogenated alkanes) is 5. The molecule has 0 spiro atoms. The highest BCUT2D eigenvalue weighted by molar-refractivity contribution is 5.48. The molecule has 2 unspecified atom stereocenters. The Kier molecular flexibility index (Phi) is 17.2. The predicted octanol–water partition coefficient (Wildman–Crippen LogP) is 8.91. The van der Waals surface area contributed by atoms with Crippen molar-refractivity contribution < 1.29 is 18.9 Å². The zero-order chi connectivity index (χ0) is 25.7. The fourth-order valence-electron chi connectivity index (χ4n) is 3.20. The highest BCUT2D eigenvalue weighted by Gasteiger charge is 2.04. The second-order valence-electron chi connectivity index (χ2n) is 8.43. The summed E-state index contributed by atoms with van der Waals surface area (Å²) in [6.07, 6.45) is 11.6. The summed E-state index contributed by atoms with van der Waals surface area (Å²) >= 11 is 0. The first-order chi connectivity index (χ1) is 17.0. The quantitative estimate of drug-likeness (QED) is 0.167. The van der Waals surface area contributed by atoms with Gasteiger partial charge in [-0.05, 0) is 62.1 Å². The molecule has 0 aliphatic rings. The molecule has 0 aromatic heterocycles. The molecular weight excluding hydrogens is 436 g/mol. The van der Waals surface area contributed by atoms with Crippen molar-refractivity contribution in [3.63, 3.8) is 0 Å². The van der Waals surface area contributed by atoms with Gasteiger partial charge in [0, 0.05) is 0 Å². The fraction of sp³-hybridized carbons (Fsp3) is 0.484. The standard InChI is InChI=1S/C16H24O2.C15H22O2/c1-4-6-7-8-13-17-14(3)18-16-11-9-15(5-2)10-12-16;1-4-6-7-12-16-13(3)17-15-10-8-14(5-2)9-11-15/h5,9-12,14H,2,4,6-8,13H2,1,3H3;5,8-11,13H,2,4,6-7,12H2,1,3H3. The van der Waals surface area contributed by atoms with Gasteiger partial charge in [-0.1, -0.05) is 95.5 Å². The van der Waals surface area contributed by atoms with Crippen LogP contribution < -0.4 is 9.47 Å². The molecule has 4 nitrogen and oxygen atoms in total.